The maximum Gasteiger partial charge on any atom is 0.335 e. The van der Waals surface area contributed by atoms with Gasteiger partial charge >= 0.3 is 6.03 Å². The van der Waals surface area contributed by atoms with E-state index in [1.54, 1.807) is 12.1 Å². The average molecular weight is 258 g/mol. The fraction of sp³-hybridized carbons (Fsp3) is 0.357. The molecule has 1 saturated carbocycles. The molecule has 2 fully saturated rings. The summed E-state index contributed by atoms with van der Waals surface area (Å²) < 4.78 is 0. The molecule has 3 rings (SSSR count). The van der Waals surface area contributed by atoms with Crippen LogP contribution in [0.4, 0.5) is 10.5 Å². The van der Waals surface area contributed by atoms with Gasteiger partial charge in [-0.05, 0) is 31.4 Å². The molecule has 0 aromatic heterocycles. The molecule has 2 aliphatic rings. The van der Waals surface area contributed by atoms with E-state index in [1.165, 1.54) is 0 Å². The summed E-state index contributed by atoms with van der Waals surface area (Å²) in [5, 5.41) is 2.31. The molecule has 1 spiro atoms. The van der Waals surface area contributed by atoms with E-state index < -0.39 is 17.4 Å². The summed E-state index contributed by atoms with van der Waals surface area (Å²) in [7, 11) is 0. The van der Waals surface area contributed by atoms with Crippen molar-refractivity contribution in [3.63, 3.8) is 0 Å². The zero-order valence-corrected chi connectivity index (χ0v) is 10.6. The van der Waals surface area contributed by atoms with Crippen LogP contribution in [0.2, 0.25) is 0 Å². The van der Waals surface area contributed by atoms with Gasteiger partial charge in [-0.2, -0.15) is 0 Å². The van der Waals surface area contributed by atoms with E-state index in [-0.39, 0.29) is 5.91 Å². The van der Waals surface area contributed by atoms with Crippen LogP contribution in [0.3, 0.4) is 0 Å². The Hall–Kier alpha value is -2.17. The van der Waals surface area contributed by atoms with Crippen molar-refractivity contribution in [1.82, 2.24) is 5.32 Å². The van der Waals surface area contributed by atoms with Crippen LogP contribution in [0.25, 0.3) is 0 Å². The highest BCUT2D eigenvalue weighted by Gasteiger charge is 2.57. The van der Waals surface area contributed by atoms with Crippen molar-refractivity contribution in [3.05, 3.63) is 29.8 Å². The third-order valence-corrected chi connectivity index (χ3v) is 4.03. The molecule has 1 saturated heterocycles. The van der Waals surface area contributed by atoms with Gasteiger partial charge in [0.2, 0.25) is 5.91 Å². The summed E-state index contributed by atoms with van der Waals surface area (Å²) >= 11 is 0. The van der Waals surface area contributed by atoms with Gasteiger partial charge in [-0.3, -0.25) is 14.9 Å². The lowest BCUT2D eigenvalue weighted by Gasteiger charge is -2.44. The van der Waals surface area contributed by atoms with Crippen LogP contribution in [0.5, 0.6) is 0 Å². The third-order valence-electron chi connectivity index (χ3n) is 4.03. The van der Waals surface area contributed by atoms with Crippen LogP contribution < -0.4 is 10.2 Å². The number of amides is 4. The summed E-state index contributed by atoms with van der Waals surface area (Å²) in [4.78, 5) is 37.5. The molecule has 98 valence electrons. The van der Waals surface area contributed by atoms with Crippen LogP contribution in [-0.4, -0.2) is 17.8 Å². The Kier molecular flexibility index (Phi) is 2.45. The van der Waals surface area contributed by atoms with Gasteiger partial charge in [0.05, 0.1) is 5.69 Å². The van der Waals surface area contributed by atoms with Crippen LogP contribution in [0.15, 0.2) is 24.3 Å². The van der Waals surface area contributed by atoms with Gasteiger partial charge in [0, 0.05) is 0 Å². The van der Waals surface area contributed by atoms with Crippen molar-refractivity contribution in [1.29, 1.82) is 0 Å². The molecule has 1 aromatic carbocycles. The Bertz CT molecular complexity index is 590. The molecule has 0 radical (unpaired) electrons. The minimum absolute atomic E-state index is 0.387. The van der Waals surface area contributed by atoms with Gasteiger partial charge in [-0.15, -0.1) is 0 Å². The van der Waals surface area contributed by atoms with Gasteiger partial charge in [0.1, 0.15) is 5.41 Å². The van der Waals surface area contributed by atoms with Crippen molar-refractivity contribution in [2.45, 2.75) is 26.2 Å². The fourth-order valence-corrected chi connectivity index (χ4v) is 2.68. The van der Waals surface area contributed by atoms with E-state index in [9.17, 15) is 14.4 Å². The molecule has 0 unspecified atom stereocenters. The SMILES string of the molecule is Cc1ccccc1N1C(=O)NC(=O)C2(CCC2)C1=O. The number of para-hydroxylation sites is 1. The molecule has 1 aliphatic heterocycles. The van der Waals surface area contributed by atoms with Crippen molar-refractivity contribution in [3.8, 4) is 0 Å². The highest BCUT2D eigenvalue weighted by atomic mass is 16.2. The van der Waals surface area contributed by atoms with Crippen molar-refractivity contribution >= 4 is 23.5 Å². The number of aryl methyl sites for hydroxylation is 1. The Morgan fingerprint density at radius 2 is 1.84 bits per heavy atom. The zero-order chi connectivity index (χ0) is 13.6. The zero-order valence-electron chi connectivity index (χ0n) is 10.6. The maximum absolute atomic E-state index is 12.5. The standard InChI is InChI=1S/C14H14N2O3/c1-9-5-2-3-6-10(9)16-12(18)14(7-4-8-14)11(17)15-13(16)19/h2-3,5-6H,4,7-8H2,1H3,(H,15,17,19). The summed E-state index contributed by atoms with van der Waals surface area (Å²) in [5.41, 5.74) is 0.356. The van der Waals surface area contributed by atoms with Crippen LogP contribution in [0, 0.1) is 12.3 Å². The molecule has 1 aromatic rings. The number of carbonyl (C=O) groups is 3. The molecular weight excluding hydrogens is 244 g/mol. The number of hydrogen-bond acceptors (Lipinski definition) is 3. The van der Waals surface area contributed by atoms with Gasteiger partial charge in [-0.25, -0.2) is 9.69 Å². The Labute approximate surface area is 110 Å². The number of benzene rings is 1. The van der Waals surface area contributed by atoms with E-state index in [2.05, 4.69) is 5.32 Å². The van der Waals surface area contributed by atoms with Crippen LogP contribution in [0.1, 0.15) is 24.8 Å². The normalized spacial score (nSPS) is 21.3. The van der Waals surface area contributed by atoms with E-state index in [0.717, 1.165) is 16.9 Å². The molecule has 1 N–H and O–H groups in total. The molecule has 5 nitrogen and oxygen atoms in total. The van der Waals surface area contributed by atoms with Crippen LogP contribution in [-0.2, 0) is 9.59 Å². The fourth-order valence-electron chi connectivity index (χ4n) is 2.68. The lowest BCUT2D eigenvalue weighted by molar-refractivity contribution is -0.148. The number of urea groups is 1. The maximum atomic E-state index is 12.5. The second kappa shape index (κ2) is 3.91. The number of barbiturate groups is 1. The summed E-state index contributed by atoms with van der Waals surface area (Å²) in [6.07, 6.45) is 1.88. The Balaban J connectivity index is 2.06. The second-order valence-electron chi connectivity index (χ2n) is 5.12. The number of nitrogens with one attached hydrogen (secondary N) is 1. The minimum atomic E-state index is -1.02. The van der Waals surface area contributed by atoms with Gasteiger partial charge < -0.3 is 0 Å². The summed E-state index contributed by atoms with van der Waals surface area (Å²) in [6, 6.07) is 6.51. The van der Waals surface area contributed by atoms with E-state index in [4.69, 9.17) is 0 Å². The number of anilines is 1. The van der Waals surface area contributed by atoms with Gasteiger partial charge in [0.25, 0.3) is 5.91 Å². The number of hydrogen-bond donors (Lipinski definition) is 1. The first-order valence-corrected chi connectivity index (χ1v) is 6.32. The van der Waals surface area contributed by atoms with Crippen molar-refractivity contribution in [2.75, 3.05) is 4.90 Å². The Morgan fingerprint density at radius 1 is 1.16 bits per heavy atom. The Morgan fingerprint density at radius 3 is 2.42 bits per heavy atom. The number of carbonyl (C=O) groups excluding carboxylic acids is 3. The molecule has 1 heterocycles. The summed E-state index contributed by atoms with van der Waals surface area (Å²) in [5.74, 6) is -0.833. The molecule has 1 aliphatic carbocycles. The number of rotatable bonds is 1. The molecule has 5 heteroatoms. The minimum Gasteiger partial charge on any atom is -0.276 e. The first-order valence-electron chi connectivity index (χ1n) is 6.32. The van der Waals surface area contributed by atoms with Gasteiger partial charge in [-0.1, -0.05) is 24.6 Å². The predicted octanol–water partition coefficient (Wildman–Crippen LogP) is 1.75. The average Bonchev–Trinajstić information content (AvgIpc) is 2.29. The van der Waals surface area contributed by atoms with Gasteiger partial charge in [0.15, 0.2) is 0 Å². The summed E-state index contributed by atoms with van der Waals surface area (Å²) in [6.45, 7) is 1.83. The number of nitrogens with zero attached hydrogens (tertiary/aromatic N) is 1. The second-order valence-corrected chi connectivity index (χ2v) is 5.12. The van der Waals surface area contributed by atoms with E-state index in [1.807, 2.05) is 19.1 Å². The third kappa shape index (κ3) is 1.51. The topological polar surface area (TPSA) is 66.5 Å². The largest absolute Gasteiger partial charge is 0.335 e. The molecule has 19 heavy (non-hydrogen) atoms. The molecule has 4 amide bonds. The quantitative estimate of drug-likeness (QED) is 0.780. The monoisotopic (exact) mass is 258 g/mol. The molecule has 0 bridgehead atoms. The lowest BCUT2D eigenvalue weighted by Crippen LogP contribution is -2.66. The highest BCUT2D eigenvalue weighted by Crippen LogP contribution is 2.45. The van der Waals surface area contributed by atoms with Crippen LogP contribution >= 0.6 is 0 Å². The van der Waals surface area contributed by atoms with E-state index in [0.29, 0.717) is 18.5 Å². The predicted molar refractivity (Wildman–Crippen MR) is 68.5 cm³/mol. The van der Waals surface area contributed by atoms with Crippen molar-refractivity contribution in [2.24, 2.45) is 5.41 Å². The number of imide groups is 2. The lowest BCUT2D eigenvalue weighted by atomic mass is 9.66. The first-order chi connectivity index (χ1) is 9.06. The molecular formula is C14H14N2O3. The van der Waals surface area contributed by atoms with E-state index >= 15 is 0 Å². The van der Waals surface area contributed by atoms with Crippen molar-refractivity contribution < 1.29 is 14.4 Å². The smallest absolute Gasteiger partial charge is 0.276 e. The highest BCUT2D eigenvalue weighted by molar-refractivity contribution is 6.30. The molecule has 0 atom stereocenters. The first kappa shape index (κ1) is 11.9.